The van der Waals surface area contributed by atoms with Gasteiger partial charge >= 0.3 is 18.2 Å². The Bertz CT molecular complexity index is 1690. The summed E-state index contributed by atoms with van der Waals surface area (Å²) in [6, 6.07) is 0.383. The van der Waals surface area contributed by atoms with E-state index in [0.29, 0.717) is 31.7 Å². The van der Waals surface area contributed by atoms with Crippen LogP contribution in [0.25, 0.3) is 22.2 Å². The zero-order valence-electron chi connectivity index (χ0n) is 26.0. The molecule has 0 bridgehead atoms. The molecule has 1 saturated carbocycles. The van der Waals surface area contributed by atoms with Gasteiger partial charge in [0, 0.05) is 11.3 Å². The maximum atomic E-state index is 16.7. The molecular formula is C32H36F5N5O4. The number of hydrogen-bond donors (Lipinski definition) is 2. The highest BCUT2D eigenvalue weighted by Gasteiger charge is 2.52. The van der Waals surface area contributed by atoms with Gasteiger partial charge in [-0.2, -0.15) is 23.1 Å². The SMILES string of the molecule is C/C=C1/CCCCC[C@H](C)Oc2nc(-c3cc(N)c(F)c(C)c3C(F)(F)F)c(F)c3nc(OCC4(C(=O)OCC)CC4)nc(c23)N1. The van der Waals surface area contributed by atoms with Crippen molar-refractivity contribution in [1.82, 2.24) is 15.0 Å². The van der Waals surface area contributed by atoms with Crippen LogP contribution in [0.3, 0.4) is 0 Å². The van der Waals surface area contributed by atoms with E-state index in [1.165, 1.54) is 0 Å². The molecule has 1 aliphatic heterocycles. The number of aromatic nitrogens is 3. The molecule has 14 heteroatoms. The van der Waals surface area contributed by atoms with Crippen molar-refractivity contribution in [3.05, 3.63) is 40.6 Å². The molecule has 5 rings (SSSR count). The van der Waals surface area contributed by atoms with Crippen molar-refractivity contribution >= 4 is 28.4 Å². The Hall–Kier alpha value is -4.23. The second kappa shape index (κ2) is 12.9. The molecule has 1 aliphatic carbocycles. The number of rotatable bonds is 6. The van der Waals surface area contributed by atoms with E-state index in [0.717, 1.165) is 31.9 Å². The molecule has 1 aromatic carbocycles. The summed E-state index contributed by atoms with van der Waals surface area (Å²) < 4.78 is 91.6. The van der Waals surface area contributed by atoms with E-state index in [-0.39, 0.29) is 36.3 Å². The van der Waals surface area contributed by atoms with Crippen LogP contribution in [0.2, 0.25) is 0 Å². The van der Waals surface area contributed by atoms with Gasteiger partial charge in [0.1, 0.15) is 34.4 Å². The quantitative estimate of drug-likeness (QED) is 0.158. The predicted molar refractivity (Wildman–Crippen MR) is 161 cm³/mol. The molecule has 0 radical (unpaired) electrons. The number of carbonyl (C=O) groups is 1. The number of esters is 1. The van der Waals surface area contributed by atoms with Gasteiger partial charge in [-0.05, 0) is 77.8 Å². The van der Waals surface area contributed by atoms with Crippen LogP contribution in [-0.2, 0) is 15.7 Å². The van der Waals surface area contributed by atoms with E-state index in [4.69, 9.17) is 19.9 Å². The number of anilines is 2. The number of hydrogen-bond acceptors (Lipinski definition) is 9. The van der Waals surface area contributed by atoms with Crippen LogP contribution in [0, 0.1) is 24.0 Å². The number of halogens is 5. The van der Waals surface area contributed by atoms with Crippen LogP contribution in [0.5, 0.6) is 11.9 Å². The average molecular weight is 650 g/mol. The Morgan fingerprint density at radius 2 is 1.91 bits per heavy atom. The number of benzene rings is 1. The fourth-order valence-electron chi connectivity index (χ4n) is 5.56. The minimum absolute atomic E-state index is 0.0211. The van der Waals surface area contributed by atoms with E-state index in [9.17, 15) is 22.4 Å². The molecule has 0 amide bonds. The first-order valence-electron chi connectivity index (χ1n) is 15.3. The minimum atomic E-state index is -5.08. The van der Waals surface area contributed by atoms with Crippen molar-refractivity contribution < 1.29 is 41.0 Å². The largest absolute Gasteiger partial charge is 0.474 e. The van der Waals surface area contributed by atoms with Gasteiger partial charge in [0.25, 0.3) is 0 Å². The maximum absolute atomic E-state index is 16.7. The highest BCUT2D eigenvalue weighted by atomic mass is 19.4. The standard InChI is InChI=1S/C32H36F5N5O4/c1-5-18-11-9-7-8-10-16(3)46-28-21-26(41-30(42-27(21)39-18)45-15-31(12-13-31)29(43)44-6-2)24(34)25(40-28)19-14-20(38)23(33)17(4)22(19)32(35,36)37/h5,14,16H,6-13,15,38H2,1-4H3,(H,39,41,42)/b18-5-/t16-/m0/s1. The van der Waals surface area contributed by atoms with Crippen LogP contribution in [-0.4, -0.2) is 40.2 Å². The number of pyridine rings is 1. The van der Waals surface area contributed by atoms with Crippen molar-refractivity contribution in [2.45, 2.75) is 84.9 Å². The third kappa shape index (κ3) is 6.52. The van der Waals surface area contributed by atoms with E-state index < -0.39 is 68.9 Å². The second-order valence-electron chi connectivity index (χ2n) is 11.7. The van der Waals surface area contributed by atoms with Gasteiger partial charge in [0.05, 0.1) is 24.0 Å². The highest BCUT2D eigenvalue weighted by molar-refractivity contribution is 5.97. The third-order valence-electron chi connectivity index (χ3n) is 8.33. The molecule has 46 heavy (non-hydrogen) atoms. The van der Waals surface area contributed by atoms with E-state index in [2.05, 4.69) is 20.3 Å². The van der Waals surface area contributed by atoms with Gasteiger partial charge in [0.15, 0.2) is 11.6 Å². The Morgan fingerprint density at radius 3 is 2.57 bits per heavy atom. The lowest BCUT2D eigenvalue weighted by molar-refractivity contribution is -0.151. The normalized spacial score (nSPS) is 19.1. The fraction of sp³-hybridized carbons (Fsp3) is 0.500. The molecule has 2 aliphatic rings. The van der Waals surface area contributed by atoms with Crippen molar-refractivity contribution in [2.24, 2.45) is 5.41 Å². The second-order valence-corrected chi connectivity index (χ2v) is 11.7. The molecule has 248 valence electrons. The molecule has 1 atom stereocenters. The van der Waals surface area contributed by atoms with Gasteiger partial charge in [0.2, 0.25) is 5.88 Å². The molecule has 3 aromatic rings. The van der Waals surface area contributed by atoms with Crippen molar-refractivity contribution in [2.75, 3.05) is 24.3 Å². The summed E-state index contributed by atoms with van der Waals surface area (Å²) in [6.45, 7) is 6.23. The molecule has 0 spiro atoms. The van der Waals surface area contributed by atoms with Crippen LogP contribution in [0.4, 0.5) is 33.5 Å². The number of nitrogens with one attached hydrogen (secondary N) is 1. The predicted octanol–water partition coefficient (Wildman–Crippen LogP) is 7.65. The molecule has 0 unspecified atom stereocenters. The summed E-state index contributed by atoms with van der Waals surface area (Å²) in [5, 5.41) is 3.17. The van der Waals surface area contributed by atoms with Crippen LogP contribution in [0.15, 0.2) is 17.8 Å². The summed E-state index contributed by atoms with van der Waals surface area (Å²) in [5.74, 6) is -3.12. The molecule has 9 nitrogen and oxygen atoms in total. The van der Waals surface area contributed by atoms with Gasteiger partial charge in [-0.3, -0.25) is 4.79 Å². The Balaban J connectivity index is 1.77. The number of allylic oxidation sites excluding steroid dienone is 2. The molecule has 2 aromatic heterocycles. The third-order valence-corrected chi connectivity index (χ3v) is 8.33. The summed E-state index contributed by atoms with van der Waals surface area (Å²) in [5.41, 5.74) is 0.755. The van der Waals surface area contributed by atoms with Crippen molar-refractivity contribution in [3.63, 3.8) is 0 Å². The number of ether oxygens (including phenoxy) is 3. The lowest BCUT2D eigenvalue weighted by Gasteiger charge is -2.22. The number of nitrogens with two attached hydrogens (primary N) is 1. The lowest BCUT2D eigenvalue weighted by atomic mass is 9.96. The molecule has 3 heterocycles. The van der Waals surface area contributed by atoms with Crippen LogP contribution >= 0.6 is 0 Å². The molecular weight excluding hydrogens is 613 g/mol. The van der Waals surface area contributed by atoms with Crippen LogP contribution in [0.1, 0.15) is 76.8 Å². The van der Waals surface area contributed by atoms with Gasteiger partial charge in [-0.1, -0.05) is 12.5 Å². The monoisotopic (exact) mass is 649 g/mol. The first kappa shape index (κ1) is 33.1. The van der Waals surface area contributed by atoms with Gasteiger partial charge in [-0.25, -0.2) is 13.8 Å². The Morgan fingerprint density at radius 1 is 1.17 bits per heavy atom. The van der Waals surface area contributed by atoms with E-state index in [1.807, 2.05) is 13.0 Å². The summed E-state index contributed by atoms with van der Waals surface area (Å²) in [4.78, 5) is 25.6. The highest BCUT2D eigenvalue weighted by Crippen LogP contribution is 2.48. The number of alkyl halides is 3. The van der Waals surface area contributed by atoms with E-state index >= 15 is 4.39 Å². The number of carbonyl (C=O) groups excluding carboxylic acids is 1. The topological polar surface area (TPSA) is 121 Å². The zero-order chi connectivity index (χ0) is 33.4. The first-order valence-corrected chi connectivity index (χ1v) is 15.3. The van der Waals surface area contributed by atoms with E-state index in [1.54, 1.807) is 13.8 Å². The number of nitrogen functional groups attached to an aromatic ring is 1. The Kier molecular flexibility index (Phi) is 9.28. The number of nitrogens with zero attached hydrogens (tertiary/aromatic N) is 3. The maximum Gasteiger partial charge on any atom is 0.417 e. The summed E-state index contributed by atoms with van der Waals surface area (Å²) >= 11 is 0. The van der Waals surface area contributed by atoms with Crippen molar-refractivity contribution in [1.29, 1.82) is 0 Å². The fourth-order valence-corrected chi connectivity index (χ4v) is 5.56. The van der Waals surface area contributed by atoms with Gasteiger partial charge in [-0.15, -0.1) is 0 Å². The molecule has 3 N–H and O–H groups in total. The van der Waals surface area contributed by atoms with Crippen molar-refractivity contribution in [3.8, 4) is 23.1 Å². The van der Waals surface area contributed by atoms with Crippen LogP contribution < -0.4 is 20.5 Å². The minimum Gasteiger partial charge on any atom is -0.474 e. The average Bonchev–Trinajstić information content (AvgIpc) is 3.79. The smallest absolute Gasteiger partial charge is 0.417 e. The van der Waals surface area contributed by atoms with Gasteiger partial charge < -0.3 is 25.3 Å². The lowest BCUT2D eigenvalue weighted by Crippen LogP contribution is -2.26. The molecule has 1 fully saturated rings. The first-order chi connectivity index (χ1) is 21.8. The zero-order valence-corrected chi connectivity index (χ0v) is 26.0. The summed E-state index contributed by atoms with van der Waals surface area (Å²) in [6.07, 6.45) is 1.09. The summed E-state index contributed by atoms with van der Waals surface area (Å²) in [7, 11) is 0. The molecule has 0 saturated heterocycles. The Labute approximate surface area is 262 Å².